The third-order valence-electron chi connectivity index (χ3n) is 3.06. The average molecular weight is 311 g/mol. The van der Waals surface area contributed by atoms with Crippen LogP contribution in [0.1, 0.15) is 31.7 Å². The fourth-order valence-electron chi connectivity index (χ4n) is 1.86. The Hall–Kier alpha value is -2.24. The van der Waals surface area contributed by atoms with Gasteiger partial charge in [-0.15, -0.1) is 0 Å². The van der Waals surface area contributed by atoms with E-state index in [1.165, 1.54) is 18.2 Å². The third-order valence-corrected chi connectivity index (χ3v) is 3.06. The fraction of sp³-hybridized carbons (Fsp3) is 0.375. The predicted octanol–water partition coefficient (Wildman–Crippen LogP) is 2.82. The summed E-state index contributed by atoms with van der Waals surface area (Å²) in [4.78, 5) is 22.8. The van der Waals surface area contributed by atoms with Gasteiger partial charge in [-0.1, -0.05) is 38.0 Å². The van der Waals surface area contributed by atoms with Crippen molar-refractivity contribution in [2.24, 2.45) is 0 Å². The topological polar surface area (TPSA) is 66.4 Å². The number of unbranched alkanes of at least 4 members (excludes halogenated alkanes) is 2. The highest BCUT2D eigenvalue weighted by Crippen LogP contribution is 2.13. The lowest BCUT2D eigenvalue weighted by Gasteiger charge is -2.14. The Balaban J connectivity index is 2.70. The van der Waals surface area contributed by atoms with Gasteiger partial charge >= 0.3 is 5.97 Å². The minimum Gasteiger partial charge on any atom is -0.480 e. The summed E-state index contributed by atoms with van der Waals surface area (Å²) < 4.78 is 26.7. The second-order valence-corrected chi connectivity index (χ2v) is 4.86. The van der Waals surface area contributed by atoms with E-state index in [4.69, 9.17) is 5.11 Å². The Morgan fingerprint density at radius 2 is 2.09 bits per heavy atom. The van der Waals surface area contributed by atoms with Crippen LogP contribution in [0.4, 0.5) is 8.78 Å². The van der Waals surface area contributed by atoms with Gasteiger partial charge in [0.15, 0.2) is 11.6 Å². The molecule has 1 atom stereocenters. The van der Waals surface area contributed by atoms with Crippen LogP contribution in [0.25, 0.3) is 0 Å². The molecule has 1 amide bonds. The molecule has 0 radical (unpaired) electrons. The number of rotatable bonds is 8. The number of amides is 1. The van der Waals surface area contributed by atoms with Gasteiger partial charge in [-0.25, -0.2) is 13.6 Å². The Labute approximate surface area is 127 Å². The van der Waals surface area contributed by atoms with Crippen molar-refractivity contribution < 1.29 is 23.5 Å². The minimum atomic E-state index is -1.32. The molecule has 6 heteroatoms. The van der Waals surface area contributed by atoms with E-state index in [-0.39, 0.29) is 12.0 Å². The molecule has 22 heavy (non-hydrogen) atoms. The van der Waals surface area contributed by atoms with Gasteiger partial charge in [-0.05, 0) is 24.1 Å². The van der Waals surface area contributed by atoms with E-state index in [0.717, 1.165) is 25.3 Å². The molecule has 0 aromatic heterocycles. The molecule has 0 saturated heterocycles. The SMILES string of the molecule is CCCCC=CC(=O)NC(Cc1cccc(F)c1F)C(=O)O. The zero-order chi connectivity index (χ0) is 16.5. The van der Waals surface area contributed by atoms with Crippen LogP contribution in [-0.2, 0) is 16.0 Å². The van der Waals surface area contributed by atoms with Gasteiger partial charge in [0.25, 0.3) is 0 Å². The highest BCUT2D eigenvalue weighted by Gasteiger charge is 2.21. The Morgan fingerprint density at radius 3 is 2.73 bits per heavy atom. The standard InChI is InChI=1S/C16H19F2NO3/c1-2-3-4-5-9-14(20)19-13(16(21)22)10-11-7-6-8-12(17)15(11)18/h5-9,13H,2-4,10H2,1H3,(H,19,20)(H,21,22). The molecule has 1 aromatic carbocycles. The molecule has 0 fully saturated rings. The van der Waals surface area contributed by atoms with E-state index in [0.29, 0.717) is 0 Å². The van der Waals surface area contributed by atoms with Crippen LogP contribution >= 0.6 is 0 Å². The number of carbonyl (C=O) groups is 2. The summed E-state index contributed by atoms with van der Waals surface area (Å²) in [5.41, 5.74) is -0.0948. The summed E-state index contributed by atoms with van der Waals surface area (Å²) in [7, 11) is 0. The van der Waals surface area contributed by atoms with E-state index in [9.17, 15) is 18.4 Å². The van der Waals surface area contributed by atoms with Crippen LogP contribution in [0, 0.1) is 11.6 Å². The number of carboxylic acid groups (broad SMARTS) is 1. The molecule has 0 aliphatic carbocycles. The molecule has 0 aliphatic rings. The molecule has 4 nitrogen and oxygen atoms in total. The largest absolute Gasteiger partial charge is 0.480 e. The summed E-state index contributed by atoms with van der Waals surface area (Å²) in [6.07, 6.45) is 5.23. The number of carbonyl (C=O) groups excluding carboxylic acids is 1. The van der Waals surface area contributed by atoms with E-state index in [2.05, 4.69) is 5.32 Å². The number of hydrogen-bond donors (Lipinski definition) is 2. The lowest BCUT2D eigenvalue weighted by Crippen LogP contribution is -2.41. The summed E-state index contributed by atoms with van der Waals surface area (Å²) in [5.74, 6) is -4.02. The maximum atomic E-state index is 13.6. The normalized spacial score (nSPS) is 12.3. The van der Waals surface area contributed by atoms with Crippen molar-refractivity contribution in [2.45, 2.75) is 38.6 Å². The Kier molecular flexibility index (Phi) is 7.22. The van der Waals surface area contributed by atoms with Gasteiger partial charge < -0.3 is 10.4 Å². The summed E-state index contributed by atoms with van der Waals surface area (Å²) in [6, 6.07) is 2.21. The number of benzene rings is 1. The average Bonchev–Trinajstić information content (AvgIpc) is 2.47. The van der Waals surface area contributed by atoms with Gasteiger partial charge in [-0.3, -0.25) is 4.79 Å². The van der Waals surface area contributed by atoms with Crippen LogP contribution in [0.2, 0.25) is 0 Å². The van der Waals surface area contributed by atoms with Gasteiger partial charge in [0, 0.05) is 6.42 Å². The predicted molar refractivity (Wildman–Crippen MR) is 78.3 cm³/mol. The smallest absolute Gasteiger partial charge is 0.326 e. The van der Waals surface area contributed by atoms with Crippen LogP contribution in [0.15, 0.2) is 30.4 Å². The highest BCUT2D eigenvalue weighted by atomic mass is 19.2. The second kappa shape index (κ2) is 8.92. The highest BCUT2D eigenvalue weighted by molar-refractivity contribution is 5.91. The number of aliphatic carboxylic acids is 1. The van der Waals surface area contributed by atoms with Crippen molar-refractivity contribution >= 4 is 11.9 Å². The first-order valence-corrected chi connectivity index (χ1v) is 7.08. The number of hydrogen-bond acceptors (Lipinski definition) is 2. The van der Waals surface area contributed by atoms with Crippen molar-refractivity contribution in [1.29, 1.82) is 0 Å². The molecule has 0 spiro atoms. The lowest BCUT2D eigenvalue weighted by atomic mass is 10.0. The summed E-state index contributed by atoms with van der Waals surface area (Å²) in [5, 5.41) is 11.4. The molecule has 0 bridgehead atoms. The monoisotopic (exact) mass is 311 g/mol. The second-order valence-electron chi connectivity index (χ2n) is 4.86. The van der Waals surface area contributed by atoms with Crippen LogP contribution < -0.4 is 5.32 Å². The summed E-state index contributed by atoms with van der Waals surface area (Å²) >= 11 is 0. The number of allylic oxidation sites excluding steroid dienone is 1. The van der Waals surface area contributed by atoms with Crippen molar-refractivity contribution in [3.05, 3.63) is 47.5 Å². The van der Waals surface area contributed by atoms with E-state index >= 15 is 0 Å². The van der Waals surface area contributed by atoms with Crippen molar-refractivity contribution in [1.82, 2.24) is 5.32 Å². The summed E-state index contributed by atoms with van der Waals surface area (Å²) in [6.45, 7) is 2.02. The van der Waals surface area contributed by atoms with Gasteiger partial charge in [-0.2, -0.15) is 0 Å². The first-order valence-electron chi connectivity index (χ1n) is 7.08. The van der Waals surface area contributed by atoms with Crippen molar-refractivity contribution in [3.63, 3.8) is 0 Å². The first kappa shape index (κ1) is 17.8. The van der Waals surface area contributed by atoms with Crippen LogP contribution in [0.5, 0.6) is 0 Å². The van der Waals surface area contributed by atoms with Gasteiger partial charge in [0.2, 0.25) is 5.91 Å². The molecular formula is C16H19F2NO3. The third kappa shape index (κ3) is 5.63. The quantitative estimate of drug-likeness (QED) is 0.573. The molecule has 120 valence electrons. The number of carboxylic acids is 1. The maximum absolute atomic E-state index is 13.6. The molecule has 0 saturated carbocycles. The molecule has 1 unspecified atom stereocenters. The lowest BCUT2D eigenvalue weighted by molar-refractivity contribution is -0.141. The molecular weight excluding hydrogens is 292 g/mol. The van der Waals surface area contributed by atoms with Crippen LogP contribution in [-0.4, -0.2) is 23.0 Å². The van der Waals surface area contributed by atoms with E-state index in [1.807, 2.05) is 6.92 Å². The molecule has 1 rings (SSSR count). The van der Waals surface area contributed by atoms with E-state index in [1.54, 1.807) is 6.08 Å². The van der Waals surface area contributed by atoms with Crippen molar-refractivity contribution in [3.8, 4) is 0 Å². The van der Waals surface area contributed by atoms with E-state index < -0.39 is 29.6 Å². The zero-order valence-electron chi connectivity index (χ0n) is 12.3. The molecule has 2 N–H and O–H groups in total. The fourth-order valence-corrected chi connectivity index (χ4v) is 1.86. The van der Waals surface area contributed by atoms with Crippen molar-refractivity contribution in [2.75, 3.05) is 0 Å². The molecule has 0 heterocycles. The minimum absolute atomic E-state index is 0.0948. The zero-order valence-corrected chi connectivity index (χ0v) is 12.3. The molecule has 0 aliphatic heterocycles. The van der Waals surface area contributed by atoms with Gasteiger partial charge in [0.1, 0.15) is 6.04 Å². The Bertz CT molecular complexity index is 558. The van der Waals surface area contributed by atoms with Gasteiger partial charge in [0.05, 0.1) is 0 Å². The number of nitrogens with one attached hydrogen (secondary N) is 1. The van der Waals surface area contributed by atoms with Crippen LogP contribution in [0.3, 0.4) is 0 Å². The first-order chi connectivity index (χ1) is 10.5. The Morgan fingerprint density at radius 1 is 1.36 bits per heavy atom. The maximum Gasteiger partial charge on any atom is 0.326 e. The number of halogens is 2. The molecule has 1 aromatic rings.